The molecule has 0 amide bonds. The zero-order valence-electron chi connectivity index (χ0n) is 13.7. The predicted octanol–water partition coefficient (Wildman–Crippen LogP) is 3.41. The lowest BCUT2D eigenvalue weighted by Crippen LogP contribution is -2.40. The van der Waals surface area contributed by atoms with Gasteiger partial charge in [0.15, 0.2) is 5.65 Å². The fourth-order valence-electron chi connectivity index (χ4n) is 3.85. The maximum Gasteiger partial charge on any atom is 0.264 e. The summed E-state index contributed by atoms with van der Waals surface area (Å²) in [6.45, 7) is 1.51. The van der Waals surface area contributed by atoms with Crippen LogP contribution in [0.1, 0.15) is 56.6 Å². The van der Waals surface area contributed by atoms with E-state index in [1.165, 1.54) is 18.9 Å². The minimum absolute atomic E-state index is 0.0362. The summed E-state index contributed by atoms with van der Waals surface area (Å²) in [5.74, 6) is 0.598. The number of piperidine rings is 1. The number of pyridine rings is 1. The van der Waals surface area contributed by atoms with Gasteiger partial charge in [0.05, 0.1) is 6.04 Å². The van der Waals surface area contributed by atoms with Gasteiger partial charge >= 0.3 is 0 Å². The molecule has 1 saturated heterocycles. The Morgan fingerprint density at radius 1 is 1.12 bits per heavy atom. The standard InChI is InChI=1S/C17H23F2N5/c18-16(19)13-9-15(23-7-5-11(20)6-8-23)21-17-14(13)10-24(22-17)12-3-1-2-4-12/h9-12,16H,1-8,20H2. The van der Waals surface area contributed by atoms with Gasteiger partial charge in [0.2, 0.25) is 0 Å². The zero-order chi connectivity index (χ0) is 16.7. The van der Waals surface area contributed by atoms with Gasteiger partial charge in [0.25, 0.3) is 6.43 Å². The second-order valence-corrected chi connectivity index (χ2v) is 6.98. The number of anilines is 1. The van der Waals surface area contributed by atoms with Gasteiger partial charge in [0, 0.05) is 36.3 Å². The van der Waals surface area contributed by atoms with E-state index in [1.54, 1.807) is 6.20 Å². The van der Waals surface area contributed by atoms with Gasteiger partial charge in [-0.15, -0.1) is 0 Å². The van der Waals surface area contributed by atoms with Crippen molar-refractivity contribution in [2.75, 3.05) is 18.0 Å². The highest BCUT2D eigenvalue weighted by molar-refractivity contribution is 5.81. The largest absolute Gasteiger partial charge is 0.356 e. The Bertz CT molecular complexity index is 715. The van der Waals surface area contributed by atoms with E-state index in [1.807, 2.05) is 9.58 Å². The van der Waals surface area contributed by atoms with Crippen LogP contribution in [0.25, 0.3) is 11.0 Å². The molecule has 0 spiro atoms. The molecule has 2 fully saturated rings. The second-order valence-electron chi connectivity index (χ2n) is 6.98. The maximum absolute atomic E-state index is 13.6. The second kappa shape index (κ2) is 6.27. The third-order valence-corrected chi connectivity index (χ3v) is 5.33. The molecule has 1 saturated carbocycles. The van der Waals surface area contributed by atoms with Crippen LogP contribution in [0.5, 0.6) is 0 Å². The predicted molar refractivity (Wildman–Crippen MR) is 89.4 cm³/mol. The van der Waals surface area contributed by atoms with Crippen molar-refractivity contribution in [1.82, 2.24) is 14.8 Å². The van der Waals surface area contributed by atoms with E-state index in [9.17, 15) is 8.78 Å². The molecule has 3 heterocycles. The fraction of sp³-hybridized carbons (Fsp3) is 0.647. The normalized spacial score (nSPS) is 20.6. The van der Waals surface area contributed by atoms with E-state index in [-0.39, 0.29) is 11.6 Å². The van der Waals surface area contributed by atoms with Crippen molar-refractivity contribution >= 4 is 16.9 Å². The lowest BCUT2D eigenvalue weighted by atomic mass is 10.1. The summed E-state index contributed by atoms with van der Waals surface area (Å²) < 4.78 is 29.0. The Labute approximate surface area is 139 Å². The summed E-state index contributed by atoms with van der Waals surface area (Å²) in [4.78, 5) is 6.62. The molecule has 1 aliphatic heterocycles. The monoisotopic (exact) mass is 335 g/mol. The van der Waals surface area contributed by atoms with Crippen molar-refractivity contribution < 1.29 is 8.78 Å². The Kier molecular flexibility index (Phi) is 4.12. The van der Waals surface area contributed by atoms with E-state index < -0.39 is 6.43 Å². The molecule has 4 rings (SSSR count). The van der Waals surface area contributed by atoms with Crippen molar-refractivity contribution in [2.24, 2.45) is 5.73 Å². The quantitative estimate of drug-likeness (QED) is 0.934. The number of hydrogen-bond acceptors (Lipinski definition) is 4. The number of nitrogens with zero attached hydrogens (tertiary/aromatic N) is 4. The molecule has 0 unspecified atom stereocenters. The molecule has 24 heavy (non-hydrogen) atoms. The Morgan fingerprint density at radius 2 is 1.83 bits per heavy atom. The number of fused-ring (bicyclic) bond motifs is 1. The number of halogens is 2. The van der Waals surface area contributed by atoms with Gasteiger partial charge < -0.3 is 10.6 Å². The van der Waals surface area contributed by atoms with Crippen LogP contribution in [-0.4, -0.2) is 33.9 Å². The molecule has 5 nitrogen and oxygen atoms in total. The first-order valence-electron chi connectivity index (χ1n) is 8.80. The Balaban J connectivity index is 1.73. The fourth-order valence-corrected chi connectivity index (χ4v) is 3.85. The van der Waals surface area contributed by atoms with Gasteiger partial charge in [-0.2, -0.15) is 5.10 Å². The Morgan fingerprint density at radius 3 is 2.50 bits per heavy atom. The van der Waals surface area contributed by atoms with E-state index in [0.29, 0.717) is 22.9 Å². The smallest absolute Gasteiger partial charge is 0.264 e. The molecule has 2 aliphatic rings. The van der Waals surface area contributed by atoms with E-state index >= 15 is 0 Å². The van der Waals surface area contributed by atoms with Gasteiger partial charge in [-0.3, -0.25) is 4.68 Å². The molecule has 7 heteroatoms. The molecule has 2 N–H and O–H groups in total. The van der Waals surface area contributed by atoms with Crippen molar-refractivity contribution in [2.45, 2.75) is 57.0 Å². The minimum atomic E-state index is -2.53. The highest BCUT2D eigenvalue weighted by Crippen LogP contribution is 2.34. The zero-order valence-corrected chi connectivity index (χ0v) is 13.7. The molecule has 2 aromatic heterocycles. The average molecular weight is 335 g/mol. The summed E-state index contributed by atoms with van der Waals surface area (Å²) in [5, 5.41) is 5.01. The van der Waals surface area contributed by atoms with Gasteiger partial charge in [-0.1, -0.05) is 12.8 Å². The van der Waals surface area contributed by atoms with Crippen molar-refractivity contribution in [1.29, 1.82) is 0 Å². The first-order valence-corrected chi connectivity index (χ1v) is 8.80. The van der Waals surface area contributed by atoms with Crippen molar-refractivity contribution in [3.8, 4) is 0 Å². The van der Waals surface area contributed by atoms with Crippen LogP contribution in [0.3, 0.4) is 0 Å². The number of rotatable bonds is 3. The highest BCUT2D eigenvalue weighted by Gasteiger charge is 2.24. The maximum atomic E-state index is 13.6. The van der Waals surface area contributed by atoms with Gasteiger partial charge in [-0.05, 0) is 31.7 Å². The summed E-state index contributed by atoms with van der Waals surface area (Å²) >= 11 is 0. The van der Waals surface area contributed by atoms with E-state index in [4.69, 9.17) is 5.73 Å². The first-order chi connectivity index (χ1) is 11.6. The van der Waals surface area contributed by atoms with Crippen molar-refractivity contribution in [3.63, 3.8) is 0 Å². The first kappa shape index (κ1) is 15.7. The minimum Gasteiger partial charge on any atom is -0.356 e. The molecule has 2 aromatic rings. The lowest BCUT2D eigenvalue weighted by molar-refractivity contribution is 0.153. The number of hydrogen-bond donors (Lipinski definition) is 1. The third kappa shape index (κ3) is 2.85. The van der Waals surface area contributed by atoms with Crippen LogP contribution in [0, 0.1) is 0 Å². The van der Waals surface area contributed by atoms with E-state index in [0.717, 1.165) is 38.8 Å². The number of alkyl halides is 2. The van der Waals surface area contributed by atoms with Crippen LogP contribution < -0.4 is 10.6 Å². The molecule has 0 atom stereocenters. The van der Waals surface area contributed by atoms with Gasteiger partial charge in [0.1, 0.15) is 5.82 Å². The van der Waals surface area contributed by atoms with Crippen molar-refractivity contribution in [3.05, 3.63) is 17.8 Å². The summed E-state index contributed by atoms with van der Waals surface area (Å²) in [6.07, 6.45) is 5.44. The average Bonchev–Trinajstić information content (AvgIpc) is 3.23. The third-order valence-electron chi connectivity index (χ3n) is 5.33. The molecule has 1 aliphatic carbocycles. The molecular formula is C17H23F2N5. The number of nitrogens with two attached hydrogens (primary N) is 1. The van der Waals surface area contributed by atoms with Crippen LogP contribution >= 0.6 is 0 Å². The molecule has 130 valence electrons. The highest BCUT2D eigenvalue weighted by atomic mass is 19.3. The van der Waals surface area contributed by atoms with Crippen LogP contribution in [-0.2, 0) is 0 Å². The van der Waals surface area contributed by atoms with Gasteiger partial charge in [-0.25, -0.2) is 13.8 Å². The number of aromatic nitrogens is 3. The summed E-state index contributed by atoms with van der Waals surface area (Å²) in [7, 11) is 0. The van der Waals surface area contributed by atoms with Crippen LogP contribution in [0.15, 0.2) is 12.3 Å². The van der Waals surface area contributed by atoms with E-state index in [2.05, 4.69) is 10.1 Å². The summed E-state index contributed by atoms with van der Waals surface area (Å²) in [6, 6.07) is 2.05. The molecular weight excluding hydrogens is 312 g/mol. The molecule has 0 aromatic carbocycles. The topological polar surface area (TPSA) is 60.0 Å². The Hall–Kier alpha value is -1.76. The SMILES string of the molecule is NC1CCN(c2cc(C(F)F)c3cn(C4CCCC4)nc3n2)CC1. The van der Waals surface area contributed by atoms with Crippen LogP contribution in [0.2, 0.25) is 0 Å². The molecule has 0 bridgehead atoms. The molecule has 0 radical (unpaired) electrons. The summed E-state index contributed by atoms with van der Waals surface area (Å²) in [5.41, 5.74) is 6.41. The lowest BCUT2D eigenvalue weighted by Gasteiger charge is -2.31. The van der Waals surface area contributed by atoms with Crippen LogP contribution in [0.4, 0.5) is 14.6 Å².